The molecule has 1 aliphatic carbocycles. The van der Waals surface area contributed by atoms with E-state index in [-0.39, 0.29) is 16.5 Å². The van der Waals surface area contributed by atoms with Gasteiger partial charge in [0.25, 0.3) is 5.91 Å². The van der Waals surface area contributed by atoms with E-state index in [1.807, 2.05) is 0 Å². The van der Waals surface area contributed by atoms with E-state index in [1.165, 1.54) is 35.6 Å². The minimum atomic E-state index is -3.73. The van der Waals surface area contributed by atoms with Crippen LogP contribution in [0.15, 0.2) is 29.2 Å². The van der Waals surface area contributed by atoms with Gasteiger partial charge >= 0.3 is 5.97 Å². The fraction of sp³-hybridized carbons (Fsp3) is 0.579. The van der Waals surface area contributed by atoms with Gasteiger partial charge in [0.15, 0.2) is 0 Å². The van der Waals surface area contributed by atoms with E-state index in [9.17, 15) is 23.1 Å². The lowest BCUT2D eigenvalue weighted by molar-refractivity contribution is -0.145. The summed E-state index contributed by atoms with van der Waals surface area (Å²) in [4.78, 5) is 24.6. The van der Waals surface area contributed by atoms with Crippen molar-refractivity contribution in [1.29, 1.82) is 0 Å². The number of carboxylic acids is 1. The van der Waals surface area contributed by atoms with Crippen LogP contribution in [0.2, 0.25) is 0 Å². The highest BCUT2D eigenvalue weighted by molar-refractivity contribution is 7.89. The third-order valence-corrected chi connectivity index (χ3v) is 7.25. The maximum absolute atomic E-state index is 12.7. The third-order valence-electron chi connectivity index (χ3n) is 5.22. The highest BCUT2D eigenvalue weighted by atomic mass is 32.2. The predicted molar refractivity (Wildman–Crippen MR) is 102 cm³/mol. The number of nitrogens with zero attached hydrogens (tertiary/aromatic N) is 1. The Morgan fingerprint density at radius 2 is 1.74 bits per heavy atom. The third kappa shape index (κ3) is 4.68. The molecule has 0 atom stereocenters. The van der Waals surface area contributed by atoms with E-state index in [2.05, 4.69) is 5.32 Å². The molecular formula is C19H28N2O5S. The molecule has 0 heterocycles. The Morgan fingerprint density at radius 1 is 1.15 bits per heavy atom. The summed E-state index contributed by atoms with van der Waals surface area (Å²) in [6.45, 7) is 3.52. The first kappa shape index (κ1) is 21.4. The number of rotatable bonds is 6. The van der Waals surface area contributed by atoms with E-state index >= 15 is 0 Å². The maximum atomic E-state index is 12.7. The number of nitrogens with one attached hydrogen (secondary N) is 1. The first-order chi connectivity index (χ1) is 12.6. The lowest BCUT2D eigenvalue weighted by Gasteiger charge is -2.29. The summed E-state index contributed by atoms with van der Waals surface area (Å²) < 4.78 is 26.5. The second-order valence-corrected chi connectivity index (χ2v) is 9.40. The van der Waals surface area contributed by atoms with Crippen LogP contribution in [-0.2, 0) is 14.8 Å². The van der Waals surface area contributed by atoms with Gasteiger partial charge in [0, 0.05) is 18.7 Å². The minimum absolute atomic E-state index is 0.0107. The summed E-state index contributed by atoms with van der Waals surface area (Å²) >= 11 is 0. The summed E-state index contributed by atoms with van der Waals surface area (Å²) in [5.74, 6) is -1.61. The van der Waals surface area contributed by atoms with Gasteiger partial charge in [-0.1, -0.05) is 31.7 Å². The van der Waals surface area contributed by atoms with Gasteiger partial charge in [0.1, 0.15) is 5.54 Å². The molecule has 150 valence electrons. The number of hydrogen-bond donors (Lipinski definition) is 2. The van der Waals surface area contributed by atoms with Crippen molar-refractivity contribution in [3.63, 3.8) is 0 Å². The number of carbonyl (C=O) groups is 2. The molecule has 27 heavy (non-hydrogen) atoms. The van der Waals surface area contributed by atoms with E-state index in [4.69, 9.17) is 0 Å². The molecule has 2 N–H and O–H groups in total. The predicted octanol–water partition coefficient (Wildman–Crippen LogP) is 2.62. The van der Waals surface area contributed by atoms with Gasteiger partial charge in [-0.3, -0.25) is 4.79 Å². The zero-order valence-corrected chi connectivity index (χ0v) is 16.9. The number of hydrogen-bond acceptors (Lipinski definition) is 4. The van der Waals surface area contributed by atoms with E-state index in [0.29, 0.717) is 12.8 Å². The number of carbonyl (C=O) groups excluding carboxylic acids is 1. The number of benzene rings is 1. The van der Waals surface area contributed by atoms with Gasteiger partial charge in [-0.25, -0.2) is 13.2 Å². The molecule has 1 aliphatic rings. The van der Waals surface area contributed by atoms with E-state index < -0.39 is 27.4 Å². The van der Waals surface area contributed by atoms with Crippen LogP contribution in [0.4, 0.5) is 0 Å². The molecule has 0 aliphatic heterocycles. The van der Waals surface area contributed by atoms with E-state index in [0.717, 1.165) is 25.7 Å². The average Bonchev–Trinajstić information content (AvgIpc) is 2.87. The van der Waals surface area contributed by atoms with Crippen LogP contribution >= 0.6 is 0 Å². The second-order valence-electron chi connectivity index (χ2n) is 7.40. The van der Waals surface area contributed by atoms with Crippen molar-refractivity contribution < 1.29 is 23.1 Å². The van der Waals surface area contributed by atoms with Crippen molar-refractivity contribution in [2.45, 2.75) is 68.8 Å². The monoisotopic (exact) mass is 396 g/mol. The molecule has 7 nitrogen and oxygen atoms in total. The smallest absolute Gasteiger partial charge is 0.329 e. The Morgan fingerprint density at radius 3 is 2.26 bits per heavy atom. The molecule has 1 amide bonds. The van der Waals surface area contributed by atoms with Gasteiger partial charge in [0.05, 0.1) is 4.90 Å². The molecule has 0 aromatic heterocycles. The first-order valence-electron chi connectivity index (χ1n) is 9.24. The molecule has 8 heteroatoms. The van der Waals surface area contributed by atoms with Crippen molar-refractivity contribution in [2.75, 3.05) is 7.05 Å². The van der Waals surface area contributed by atoms with Crippen LogP contribution < -0.4 is 5.32 Å². The van der Waals surface area contributed by atoms with Crippen molar-refractivity contribution in [1.82, 2.24) is 9.62 Å². The average molecular weight is 397 g/mol. The molecule has 1 aromatic rings. The van der Waals surface area contributed by atoms with Gasteiger partial charge in [0.2, 0.25) is 10.0 Å². The van der Waals surface area contributed by atoms with Gasteiger partial charge < -0.3 is 10.4 Å². The molecule has 1 fully saturated rings. The standard InChI is InChI=1S/C19H28N2O5S/c1-14(2)21(3)27(25,26)16-10-8-9-15(13-16)17(22)20-19(18(23)24)11-6-4-5-7-12-19/h8-10,13-14H,4-7,11-12H2,1-3H3,(H,20,22)(H,23,24). The summed E-state index contributed by atoms with van der Waals surface area (Å²) in [5.41, 5.74) is -1.16. The number of carboxylic acid groups (broad SMARTS) is 1. The highest BCUT2D eigenvalue weighted by Gasteiger charge is 2.40. The normalized spacial score (nSPS) is 17.5. The largest absolute Gasteiger partial charge is 0.480 e. The molecule has 0 unspecified atom stereocenters. The molecule has 0 spiro atoms. The number of aliphatic carboxylic acids is 1. The highest BCUT2D eigenvalue weighted by Crippen LogP contribution is 2.28. The molecule has 1 saturated carbocycles. The lowest BCUT2D eigenvalue weighted by Crippen LogP contribution is -2.54. The summed E-state index contributed by atoms with van der Waals surface area (Å²) in [6, 6.07) is 5.50. The van der Waals surface area contributed by atoms with Gasteiger partial charge in [-0.2, -0.15) is 4.31 Å². The second kappa shape index (κ2) is 8.39. The van der Waals surface area contributed by atoms with Crippen molar-refractivity contribution in [3.8, 4) is 0 Å². The van der Waals surface area contributed by atoms with Gasteiger partial charge in [-0.15, -0.1) is 0 Å². The fourth-order valence-corrected chi connectivity index (χ4v) is 4.67. The van der Waals surface area contributed by atoms with Crippen LogP contribution in [0.1, 0.15) is 62.7 Å². The Bertz CT molecular complexity index is 796. The van der Waals surface area contributed by atoms with Crippen LogP contribution in [0.5, 0.6) is 0 Å². The minimum Gasteiger partial charge on any atom is -0.480 e. The quantitative estimate of drug-likeness (QED) is 0.720. The molecule has 1 aromatic carbocycles. The van der Waals surface area contributed by atoms with Crippen LogP contribution in [-0.4, -0.2) is 48.3 Å². The molecule has 0 saturated heterocycles. The first-order valence-corrected chi connectivity index (χ1v) is 10.7. The summed E-state index contributed by atoms with van der Waals surface area (Å²) in [5, 5.41) is 12.4. The molecule has 0 radical (unpaired) electrons. The number of amides is 1. The van der Waals surface area contributed by atoms with Gasteiger partial charge in [-0.05, 0) is 44.9 Å². The van der Waals surface area contributed by atoms with Crippen molar-refractivity contribution >= 4 is 21.9 Å². The Hall–Kier alpha value is -1.93. The fourth-order valence-electron chi connectivity index (χ4n) is 3.26. The topological polar surface area (TPSA) is 104 Å². The Balaban J connectivity index is 2.30. The van der Waals surface area contributed by atoms with E-state index in [1.54, 1.807) is 13.8 Å². The van der Waals surface area contributed by atoms with Crippen LogP contribution in [0, 0.1) is 0 Å². The molecule has 2 rings (SSSR count). The molecule has 0 bridgehead atoms. The SMILES string of the molecule is CC(C)N(C)S(=O)(=O)c1cccc(C(=O)NC2(C(=O)O)CCCCCC2)c1. The summed E-state index contributed by atoms with van der Waals surface area (Å²) in [6.07, 6.45) is 4.12. The molecular weight excluding hydrogens is 368 g/mol. The van der Waals surface area contributed by atoms with Crippen molar-refractivity contribution in [3.05, 3.63) is 29.8 Å². The lowest BCUT2D eigenvalue weighted by atomic mass is 9.90. The summed E-state index contributed by atoms with van der Waals surface area (Å²) in [7, 11) is -2.24. The van der Waals surface area contributed by atoms with Crippen molar-refractivity contribution in [2.24, 2.45) is 0 Å². The zero-order valence-electron chi connectivity index (χ0n) is 16.1. The number of sulfonamides is 1. The zero-order chi connectivity index (χ0) is 20.2. The maximum Gasteiger partial charge on any atom is 0.329 e. The van der Waals surface area contributed by atoms with Crippen LogP contribution in [0.3, 0.4) is 0 Å². The Labute approximate surface area is 160 Å². The van der Waals surface area contributed by atoms with Crippen LogP contribution in [0.25, 0.3) is 0 Å². The Kier molecular flexibility index (Phi) is 6.64.